The van der Waals surface area contributed by atoms with Crippen molar-refractivity contribution in [2.45, 2.75) is 25.2 Å². The van der Waals surface area contributed by atoms with E-state index in [4.69, 9.17) is 0 Å². The summed E-state index contributed by atoms with van der Waals surface area (Å²) in [4.78, 5) is 8.28. The van der Waals surface area contributed by atoms with Crippen LogP contribution in [-0.4, -0.2) is 34.8 Å². The minimum absolute atomic E-state index is 0.275. The van der Waals surface area contributed by atoms with E-state index in [1.54, 1.807) is 12.3 Å². The number of aryl methyl sites for hydroxylation is 1. The first-order chi connectivity index (χ1) is 12.2. The van der Waals surface area contributed by atoms with Crippen molar-refractivity contribution in [3.05, 3.63) is 58.9 Å². The molecule has 0 atom stereocenters. The monoisotopic (exact) mass is 375 g/mol. The third kappa shape index (κ3) is 3.88. The molecule has 9 heteroatoms. The molecule has 0 aliphatic rings. The number of halogens is 1. The maximum Gasteiger partial charge on any atom is 0.178 e. The van der Waals surface area contributed by atoms with E-state index in [2.05, 4.69) is 25.5 Å². The lowest BCUT2D eigenvalue weighted by molar-refractivity contribution is 0.570. The zero-order chi connectivity index (χ0) is 18.9. The number of benzene rings is 1. The minimum Gasteiger partial charge on any atom is -0.323 e. The fraction of sp³-hybridized carbons (Fsp3) is 0.235. The van der Waals surface area contributed by atoms with Crippen LogP contribution in [0.1, 0.15) is 22.6 Å². The first-order valence-electron chi connectivity index (χ1n) is 7.83. The largest absolute Gasteiger partial charge is 0.323 e. The van der Waals surface area contributed by atoms with Crippen molar-refractivity contribution in [2.75, 3.05) is 11.6 Å². The van der Waals surface area contributed by atoms with Crippen LogP contribution in [0.15, 0.2) is 35.4 Å². The summed E-state index contributed by atoms with van der Waals surface area (Å²) in [5, 5.41) is 10.2. The maximum absolute atomic E-state index is 13.7. The van der Waals surface area contributed by atoms with Gasteiger partial charge in [-0.15, -0.1) is 0 Å². The predicted molar refractivity (Wildman–Crippen MR) is 95.7 cm³/mol. The Labute approximate surface area is 150 Å². The van der Waals surface area contributed by atoms with Gasteiger partial charge >= 0.3 is 0 Å². The van der Waals surface area contributed by atoms with E-state index < -0.39 is 15.7 Å². The minimum atomic E-state index is -3.64. The number of rotatable bonds is 5. The van der Waals surface area contributed by atoms with Gasteiger partial charge in [0.05, 0.1) is 0 Å². The van der Waals surface area contributed by atoms with Crippen molar-refractivity contribution >= 4 is 21.5 Å². The van der Waals surface area contributed by atoms with Crippen LogP contribution in [0.3, 0.4) is 0 Å². The molecule has 7 nitrogen and oxygen atoms in total. The Morgan fingerprint density at radius 2 is 2.00 bits per heavy atom. The summed E-state index contributed by atoms with van der Waals surface area (Å²) >= 11 is 0. The molecule has 0 amide bonds. The van der Waals surface area contributed by atoms with Crippen LogP contribution < -0.4 is 5.32 Å². The lowest BCUT2D eigenvalue weighted by Crippen LogP contribution is -2.04. The summed E-state index contributed by atoms with van der Waals surface area (Å²) in [5.74, 6) is 0.950. The van der Waals surface area contributed by atoms with Crippen LogP contribution in [-0.2, 0) is 16.3 Å². The van der Waals surface area contributed by atoms with Crippen LogP contribution in [0.25, 0.3) is 0 Å². The zero-order valence-electron chi connectivity index (χ0n) is 14.5. The highest BCUT2D eigenvalue weighted by molar-refractivity contribution is 7.90. The zero-order valence-corrected chi connectivity index (χ0v) is 15.4. The molecule has 1 aromatic carbocycles. The van der Waals surface area contributed by atoms with Crippen molar-refractivity contribution in [2.24, 2.45) is 0 Å². The van der Waals surface area contributed by atoms with Gasteiger partial charge in [-0.2, -0.15) is 5.10 Å². The topological polar surface area (TPSA) is 101 Å². The molecule has 2 heterocycles. The molecule has 2 aromatic heterocycles. The molecule has 0 saturated carbocycles. The van der Waals surface area contributed by atoms with E-state index in [1.165, 1.54) is 12.1 Å². The summed E-state index contributed by atoms with van der Waals surface area (Å²) < 4.78 is 37.0. The molecule has 3 rings (SSSR count). The Kier molecular flexibility index (Phi) is 4.73. The molecule has 0 saturated heterocycles. The molecule has 136 valence electrons. The number of aromatic amines is 1. The molecular weight excluding hydrogens is 357 g/mol. The molecule has 0 unspecified atom stereocenters. The van der Waals surface area contributed by atoms with Gasteiger partial charge < -0.3 is 5.32 Å². The summed E-state index contributed by atoms with van der Waals surface area (Å²) in [7, 11) is -3.64. The van der Waals surface area contributed by atoms with E-state index in [-0.39, 0.29) is 11.3 Å². The molecular formula is C17H18FN5O2S. The summed E-state index contributed by atoms with van der Waals surface area (Å²) in [5.41, 5.74) is 2.55. The van der Waals surface area contributed by atoms with E-state index >= 15 is 0 Å². The smallest absolute Gasteiger partial charge is 0.178 e. The second kappa shape index (κ2) is 6.83. The van der Waals surface area contributed by atoms with Gasteiger partial charge in [0.2, 0.25) is 0 Å². The second-order valence-corrected chi connectivity index (χ2v) is 8.00. The van der Waals surface area contributed by atoms with Gasteiger partial charge in [-0.3, -0.25) is 5.10 Å². The molecule has 2 N–H and O–H groups in total. The highest BCUT2D eigenvalue weighted by Gasteiger charge is 2.15. The van der Waals surface area contributed by atoms with Gasteiger partial charge in [0.25, 0.3) is 0 Å². The number of aromatic nitrogens is 4. The molecule has 0 radical (unpaired) electrons. The lowest BCUT2D eigenvalue weighted by Gasteiger charge is -2.07. The second-order valence-electron chi connectivity index (χ2n) is 6.02. The Morgan fingerprint density at radius 1 is 1.23 bits per heavy atom. The third-order valence-electron chi connectivity index (χ3n) is 3.96. The van der Waals surface area contributed by atoms with Crippen molar-refractivity contribution in [1.29, 1.82) is 0 Å². The number of nitrogens with zero attached hydrogens (tertiary/aromatic N) is 3. The Balaban J connectivity index is 1.84. The number of nitrogens with one attached hydrogen (secondary N) is 2. The SMILES string of the molecule is Cc1[nH]nc(Nc2ccnc(Cc3ccc(F)c(S(C)(=O)=O)c3)n2)c1C. The van der Waals surface area contributed by atoms with Crippen LogP contribution in [0.5, 0.6) is 0 Å². The molecule has 26 heavy (non-hydrogen) atoms. The molecule has 0 spiro atoms. The maximum atomic E-state index is 13.7. The number of anilines is 2. The highest BCUT2D eigenvalue weighted by Crippen LogP contribution is 2.20. The predicted octanol–water partition coefficient (Wildman–Crippen LogP) is 2.69. The van der Waals surface area contributed by atoms with E-state index in [0.717, 1.165) is 23.6 Å². The van der Waals surface area contributed by atoms with Crippen LogP contribution in [0.2, 0.25) is 0 Å². The van der Waals surface area contributed by atoms with Crippen molar-refractivity contribution < 1.29 is 12.8 Å². The molecule has 0 fully saturated rings. The van der Waals surface area contributed by atoms with E-state index in [1.807, 2.05) is 13.8 Å². The average Bonchev–Trinajstić information content (AvgIpc) is 2.88. The number of H-pyrrole nitrogens is 1. The Hall–Kier alpha value is -2.81. The normalized spacial score (nSPS) is 11.5. The summed E-state index contributed by atoms with van der Waals surface area (Å²) in [6.45, 7) is 3.86. The standard InChI is InChI=1S/C17H18FN5O2S/c1-10-11(2)22-23-17(10)21-15-6-7-19-16(20-15)9-12-4-5-13(18)14(8-12)26(3,24)25/h4-8H,9H2,1-3H3,(H2,19,20,21,22,23). The highest BCUT2D eigenvalue weighted by atomic mass is 32.2. The fourth-order valence-corrected chi connectivity index (χ4v) is 3.19. The van der Waals surface area contributed by atoms with Crippen LogP contribution in [0.4, 0.5) is 16.0 Å². The molecule has 0 bridgehead atoms. The number of sulfone groups is 1. The number of hydrogen-bond acceptors (Lipinski definition) is 6. The number of hydrogen-bond donors (Lipinski definition) is 2. The van der Waals surface area contributed by atoms with E-state index in [9.17, 15) is 12.8 Å². The van der Waals surface area contributed by atoms with Crippen molar-refractivity contribution in [1.82, 2.24) is 20.2 Å². The van der Waals surface area contributed by atoms with Gasteiger partial charge in [-0.25, -0.2) is 22.8 Å². The van der Waals surface area contributed by atoms with Crippen molar-refractivity contribution in [3.8, 4) is 0 Å². The fourth-order valence-electron chi connectivity index (χ4n) is 2.41. The van der Waals surface area contributed by atoms with Crippen molar-refractivity contribution in [3.63, 3.8) is 0 Å². The van der Waals surface area contributed by atoms with E-state index in [0.29, 0.717) is 23.0 Å². The lowest BCUT2D eigenvalue weighted by atomic mass is 10.1. The van der Waals surface area contributed by atoms with Gasteiger partial charge in [0.15, 0.2) is 15.7 Å². The Morgan fingerprint density at radius 3 is 2.65 bits per heavy atom. The van der Waals surface area contributed by atoms with Crippen LogP contribution in [0, 0.1) is 19.7 Å². The van der Waals surface area contributed by atoms with Gasteiger partial charge in [-0.1, -0.05) is 6.07 Å². The summed E-state index contributed by atoms with van der Waals surface area (Å²) in [6, 6.07) is 5.69. The average molecular weight is 375 g/mol. The molecule has 0 aliphatic carbocycles. The Bertz CT molecular complexity index is 1060. The quantitative estimate of drug-likeness (QED) is 0.711. The first kappa shape index (κ1) is 18.0. The van der Waals surface area contributed by atoms with Gasteiger partial charge in [0, 0.05) is 30.1 Å². The third-order valence-corrected chi connectivity index (χ3v) is 5.07. The van der Waals surface area contributed by atoms with Gasteiger partial charge in [0.1, 0.15) is 22.4 Å². The molecule has 3 aromatic rings. The first-order valence-corrected chi connectivity index (χ1v) is 9.72. The summed E-state index contributed by atoms with van der Waals surface area (Å²) in [6.07, 6.45) is 2.85. The van der Waals surface area contributed by atoms with Crippen LogP contribution >= 0.6 is 0 Å². The van der Waals surface area contributed by atoms with Gasteiger partial charge in [-0.05, 0) is 37.6 Å². The molecule has 0 aliphatic heterocycles.